The van der Waals surface area contributed by atoms with Crippen molar-refractivity contribution in [2.24, 2.45) is 0 Å². The first kappa shape index (κ1) is 20.4. The maximum Gasteiger partial charge on any atom is 0.341 e. The SMILES string of the molecule is O=C(c1ccc(S(=O)(=O)C(F)F)cc1)N(Cc1ccccc1)CC1CCCO1. The Kier molecular flexibility index (Phi) is 6.41. The van der Waals surface area contributed by atoms with E-state index in [2.05, 4.69) is 0 Å². The van der Waals surface area contributed by atoms with Gasteiger partial charge in [0.1, 0.15) is 0 Å². The van der Waals surface area contributed by atoms with Gasteiger partial charge < -0.3 is 9.64 Å². The molecule has 0 bridgehead atoms. The van der Waals surface area contributed by atoms with Crippen LogP contribution in [0, 0.1) is 0 Å². The van der Waals surface area contributed by atoms with E-state index in [9.17, 15) is 22.0 Å². The molecule has 0 spiro atoms. The average molecular weight is 409 g/mol. The summed E-state index contributed by atoms with van der Waals surface area (Å²) in [7, 11) is -4.69. The number of sulfone groups is 1. The van der Waals surface area contributed by atoms with Crippen molar-refractivity contribution in [3.8, 4) is 0 Å². The van der Waals surface area contributed by atoms with Crippen molar-refractivity contribution >= 4 is 15.7 Å². The molecule has 1 saturated heterocycles. The lowest BCUT2D eigenvalue weighted by Crippen LogP contribution is -2.37. The zero-order valence-electron chi connectivity index (χ0n) is 15.1. The Hall–Kier alpha value is -2.32. The molecule has 0 saturated carbocycles. The summed E-state index contributed by atoms with van der Waals surface area (Å²) in [5.41, 5.74) is 1.19. The molecule has 1 aliphatic rings. The van der Waals surface area contributed by atoms with Crippen LogP contribution in [0.3, 0.4) is 0 Å². The number of rotatable bonds is 7. The Balaban J connectivity index is 1.81. The van der Waals surface area contributed by atoms with Crippen molar-refractivity contribution in [1.29, 1.82) is 0 Å². The molecule has 28 heavy (non-hydrogen) atoms. The number of nitrogens with zero attached hydrogens (tertiary/aromatic N) is 1. The third-order valence-electron chi connectivity index (χ3n) is 4.62. The van der Waals surface area contributed by atoms with E-state index in [-0.39, 0.29) is 17.6 Å². The Morgan fingerprint density at radius 1 is 1.11 bits per heavy atom. The molecule has 1 atom stereocenters. The molecule has 1 amide bonds. The number of carbonyl (C=O) groups is 1. The Morgan fingerprint density at radius 3 is 2.36 bits per heavy atom. The molecule has 1 unspecified atom stereocenters. The first-order valence-electron chi connectivity index (χ1n) is 8.95. The maximum absolute atomic E-state index is 13.0. The fraction of sp³-hybridized carbons (Fsp3) is 0.350. The fourth-order valence-corrected chi connectivity index (χ4v) is 3.85. The fourth-order valence-electron chi connectivity index (χ4n) is 3.13. The third-order valence-corrected chi connectivity index (χ3v) is 6.01. The van der Waals surface area contributed by atoms with Crippen LogP contribution in [0.5, 0.6) is 0 Å². The van der Waals surface area contributed by atoms with Gasteiger partial charge in [0, 0.05) is 25.3 Å². The summed E-state index contributed by atoms with van der Waals surface area (Å²) in [6.07, 6.45) is 1.76. The summed E-state index contributed by atoms with van der Waals surface area (Å²) in [5, 5.41) is 0. The second-order valence-corrected chi connectivity index (χ2v) is 8.55. The van der Waals surface area contributed by atoms with E-state index in [4.69, 9.17) is 4.74 Å². The Morgan fingerprint density at radius 2 is 1.79 bits per heavy atom. The van der Waals surface area contributed by atoms with Gasteiger partial charge >= 0.3 is 5.76 Å². The molecule has 150 valence electrons. The molecule has 2 aromatic carbocycles. The van der Waals surface area contributed by atoms with E-state index < -0.39 is 20.5 Å². The second-order valence-electron chi connectivity index (χ2n) is 6.64. The van der Waals surface area contributed by atoms with Crippen LogP contribution in [-0.4, -0.2) is 44.2 Å². The zero-order chi connectivity index (χ0) is 20.1. The minimum absolute atomic E-state index is 0.0499. The van der Waals surface area contributed by atoms with Crippen molar-refractivity contribution in [2.45, 2.75) is 36.1 Å². The molecule has 1 fully saturated rings. The largest absolute Gasteiger partial charge is 0.376 e. The van der Waals surface area contributed by atoms with Gasteiger partial charge in [-0.05, 0) is 42.7 Å². The lowest BCUT2D eigenvalue weighted by molar-refractivity contribution is 0.0507. The van der Waals surface area contributed by atoms with Crippen LogP contribution < -0.4 is 0 Å². The lowest BCUT2D eigenvalue weighted by atomic mass is 10.1. The van der Waals surface area contributed by atoms with E-state index in [1.54, 1.807) is 4.90 Å². The molecule has 0 aliphatic carbocycles. The smallest absolute Gasteiger partial charge is 0.341 e. The lowest BCUT2D eigenvalue weighted by Gasteiger charge is -2.26. The van der Waals surface area contributed by atoms with Crippen molar-refractivity contribution in [2.75, 3.05) is 13.2 Å². The molecule has 8 heteroatoms. The Bertz CT molecular complexity index is 896. The Labute approximate surface area is 162 Å². The highest BCUT2D eigenvalue weighted by molar-refractivity contribution is 7.91. The number of halogens is 2. The van der Waals surface area contributed by atoms with Gasteiger partial charge in [0.25, 0.3) is 5.91 Å². The highest BCUT2D eigenvalue weighted by atomic mass is 32.2. The van der Waals surface area contributed by atoms with E-state index in [1.807, 2.05) is 30.3 Å². The third kappa shape index (κ3) is 4.74. The number of alkyl halides is 2. The molecular formula is C20H21F2NO4S. The first-order valence-corrected chi connectivity index (χ1v) is 10.5. The van der Waals surface area contributed by atoms with Gasteiger partial charge in [-0.2, -0.15) is 8.78 Å². The van der Waals surface area contributed by atoms with Gasteiger partial charge in [-0.15, -0.1) is 0 Å². The molecule has 0 radical (unpaired) electrons. The van der Waals surface area contributed by atoms with Crippen molar-refractivity contribution in [1.82, 2.24) is 4.90 Å². The van der Waals surface area contributed by atoms with Crippen LogP contribution in [0.1, 0.15) is 28.8 Å². The van der Waals surface area contributed by atoms with Crippen molar-refractivity contribution in [3.05, 3.63) is 65.7 Å². The minimum Gasteiger partial charge on any atom is -0.376 e. The molecule has 1 heterocycles. The number of hydrogen-bond acceptors (Lipinski definition) is 4. The number of amides is 1. The number of hydrogen-bond donors (Lipinski definition) is 0. The topological polar surface area (TPSA) is 63.7 Å². The predicted octanol–water partition coefficient (Wildman–Crippen LogP) is 3.50. The molecule has 1 aliphatic heterocycles. The van der Waals surface area contributed by atoms with Gasteiger partial charge in [0.2, 0.25) is 9.84 Å². The van der Waals surface area contributed by atoms with Gasteiger partial charge in [-0.25, -0.2) is 8.42 Å². The quantitative estimate of drug-likeness (QED) is 0.702. The standard InChI is InChI=1S/C20H21F2NO4S/c21-20(22)28(25,26)18-10-8-16(9-11-18)19(24)23(14-17-7-4-12-27-17)13-15-5-2-1-3-6-15/h1-3,5-6,8-11,17,20H,4,7,12-14H2. The summed E-state index contributed by atoms with van der Waals surface area (Å²) >= 11 is 0. The van der Waals surface area contributed by atoms with E-state index in [0.717, 1.165) is 30.5 Å². The molecule has 5 nitrogen and oxygen atoms in total. The van der Waals surface area contributed by atoms with Crippen molar-refractivity contribution in [3.63, 3.8) is 0 Å². The van der Waals surface area contributed by atoms with E-state index >= 15 is 0 Å². The summed E-state index contributed by atoms with van der Waals surface area (Å²) in [5.74, 6) is -3.80. The summed E-state index contributed by atoms with van der Waals surface area (Å²) < 4.78 is 54.1. The van der Waals surface area contributed by atoms with Crippen LogP contribution in [-0.2, 0) is 21.1 Å². The van der Waals surface area contributed by atoms with Crippen LogP contribution in [0.25, 0.3) is 0 Å². The van der Waals surface area contributed by atoms with Crippen molar-refractivity contribution < 1.29 is 26.7 Å². The number of benzene rings is 2. The molecular weight excluding hydrogens is 388 g/mol. The molecule has 0 aromatic heterocycles. The second kappa shape index (κ2) is 8.79. The number of ether oxygens (including phenoxy) is 1. The predicted molar refractivity (Wildman–Crippen MR) is 99.8 cm³/mol. The molecule has 0 N–H and O–H groups in total. The van der Waals surface area contributed by atoms with Gasteiger partial charge in [-0.1, -0.05) is 30.3 Å². The highest BCUT2D eigenvalue weighted by Crippen LogP contribution is 2.21. The first-order chi connectivity index (χ1) is 13.4. The average Bonchev–Trinajstić information content (AvgIpc) is 3.21. The maximum atomic E-state index is 13.0. The monoisotopic (exact) mass is 409 g/mol. The molecule has 2 aromatic rings. The summed E-state index contributed by atoms with van der Waals surface area (Å²) in [6, 6.07) is 14.1. The van der Waals surface area contributed by atoms with E-state index in [1.165, 1.54) is 12.1 Å². The van der Waals surface area contributed by atoms with Crippen LogP contribution in [0.4, 0.5) is 8.78 Å². The van der Waals surface area contributed by atoms with Crippen LogP contribution >= 0.6 is 0 Å². The summed E-state index contributed by atoms with van der Waals surface area (Å²) in [4.78, 5) is 14.1. The highest BCUT2D eigenvalue weighted by Gasteiger charge is 2.27. The zero-order valence-corrected chi connectivity index (χ0v) is 15.9. The van der Waals surface area contributed by atoms with Gasteiger partial charge in [0.05, 0.1) is 11.0 Å². The van der Waals surface area contributed by atoms with E-state index in [0.29, 0.717) is 19.7 Å². The molecule has 3 rings (SSSR count). The van der Waals surface area contributed by atoms with Crippen LogP contribution in [0.15, 0.2) is 59.5 Å². The van der Waals surface area contributed by atoms with Gasteiger partial charge in [-0.3, -0.25) is 4.79 Å². The minimum atomic E-state index is -4.69. The summed E-state index contributed by atoms with van der Waals surface area (Å²) in [6.45, 7) is 1.44. The van der Waals surface area contributed by atoms with Crippen LogP contribution in [0.2, 0.25) is 0 Å². The normalized spacial score (nSPS) is 17.0. The number of carbonyl (C=O) groups excluding carboxylic acids is 1. The van der Waals surface area contributed by atoms with Gasteiger partial charge in [0.15, 0.2) is 0 Å².